The molecule has 0 radical (unpaired) electrons. The molecule has 0 aromatic heterocycles. The van der Waals surface area contributed by atoms with Crippen molar-refractivity contribution in [2.75, 3.05) is 24.6 Å². The van der Waals surface area contributed by atoms with Crippen LogP contribution < -0.4 is 0 Å². The number of hydrogen-bond acceptors (Lipinski definition) is 3. The lowest BCUT2D eigenvalue weighted by Crippen LogP contribution is -2.53. The van der Waals surface area contributed by atoms with Crippen LogP contribution in [-0.4, -0.2) is 58.3 Å². The summed E-state index contributed by atoms with van der Waals surface area (Å²) in [5.41, 5.74) is 0.782. The van der Waals surface area contributed by atoms with Crippen molar-refractivity contribution in [3.8, 4) is 0 Å². The van der Waals surface area contributed by atoms with Crippen LogP contribution in [0.25, 0.3) is 0 Å². The summed E-state index contributed by atoms with van der Waals surface area (Å²) in [4.78, 5) is 31.1. The van der Waals surface area contributed by atoms with E-state index in [1.54, 1.807) is 11.8 Å². The Morgan fingerprint density at radius 1 is 1.11 bits per heavy atom. The summed E-state index contributed by atoms with van der Waals surface area (Å²) in [6.07, 6.45) is 7.06. The van der Waals surface area contributed by atoms with Gasteiger partial charge in [-0.2, -0.15) is 11.8 Å². The van der Waals surface area contributed by atoms with Crippen LogP contribution in [0, 0.1) is 5.41 Å². The van der Waals surface area contributed by atoms with Gasteiger partial charge in [0.05, 0.1) is 11.2 Å². The van der Waals surface area contributed by atoms with Gasteiger partial charge in [0.1, 0.15) is 0 Å². The summed E-state index contributed by atoms with van der Waals surface area (Å²) >= 11 is 1.69. The second-order valence-electron chi connectivity index (χ2n) is 8.56. The number of likely N-dealkylation sites (tertiary alicyclic amines) is 1. The Balaban J connectivity index is 1.64. The lowest BCUT2D eigenvalue weighted by molar-refractivity contribution is -0.146. The van der Waals surface area contributed by atoms with Gasteiger partial charge in [-0.1, -0.05) is 37.3 Å². The highest BCUT2D eigenvalue weighted by molar-refractivity contribution is 7.99. The Bertz CT molecular complexity index is 704. The molecule has 0 spiro atoms. The first kappa shape index (κ1) is 19.8. The fourth-order valence-electron chi connectivity index (χ4n) is 5.69. The second-order valence-corrected chi connectivity index (χ2v) is 9.83. The molecule has 3 fully saturated rings. The molecule has 3 heterocycles. The maximum Gasteiger partial charge on any atom is 0.233 e. The van der Waals surface area contributed by atoms with E-state index >= 15 is 0 Å². The molecule has 5 heteroatoms. The molecule has 0 aliphatic carbocycles. The SMILES string of the molecule is CCSCC(=O)N1[C@@H]2CC[C@H]1[C@@](Cc1ccccc1)(C(=O)N1CCCCC1)C2. The molecule has 3 saturated heterocycles. The maximum atomic E-state index is 13.9. The number of amides is 2. The molecule has 0 saturated carbocycles. The fraction of sp³-hybridized carbons (Fsp3) is 0.652. The third kappa shape index (κ3) is 3.58. The van der Waals surface area contributed by atoms with Crippen molar-refractivity contribution >= 4 is 23.6 Å². The smallest absolute Gasteiger partial charge is 0.233 e. The molecule has 3 aliphatic rings. The van der Waals surface area contributed by atoms with Crippen molar-refractivity contribution in [1.82, 2.24) is 9.80 Å². The first-order valence-electron chi connectivity index (χ1n) is 10.9. The van der Waals surface area contributed by atoms with Crippen LogP contribution >= 0.6 is 11.8 Å². The summed E-state index contributed by atoms with van der Waals surface area (Å²) in [5.74, 6) is 2.05. The van der Waals surface area contributed by atoms with Crippen LogP contribution in [0.1, 0.15) is 51.0 Å². The van der Waals surface area contributed by atoms with E-state index in [0.29, 0.717) is 11.7 Å². The van der Waals surface area contributed by atoms with Crippen LogP contribution in [0.3, 0.4) is 0 Å². The molecule has 1 aromatic carbocycles. The van der Waals surface area contributed by atoms with Crippen molar-refractivity contribution in [2.45, 2.75) is 64.0 Å². The van der Waals surface area contributed by atoms with Gasteiger partial charge in [-0.15, -0.1) is 0 Å². The molecule has 1 aromatic rings. The van der Waals surface area contributed by atoms with E-state index in [0.717, 1.165) is 57.4 Å². The maximum absolute atomic E-state index is 13.9. The summed E-state index contributed by atoms with van der Waals surface area (Å²) in [6, 6.07) is 10.7. The van der Waals surface area contributed by atoms with E-state index in [1.165, 1.54) is 12.0 Å². The van der Waals surface area contributed by atoms with Gasteiger partial charge in [-0.25, -0.2) is 0 Å². The van der Waals surface area contributed by atoms with Gasteiger partial charge in [-0.05, 0) is 56.3 Å². The molecule has 2 bridgehead atoms. The predicted octanol–water partition coefficient (Wildman–Crippen LogP) is 3.74. The van der Waals surface area contributed by atoms with Crippen molar-refractivity contribution in [3.05, 3.63) is 35.9 Å². The number of hydrogen-bond donors (Lipinski definition) is 0. The highest BCUT2D eigenvalue weighted by atomic mass is 32.2. The first-order chi connectivity index (χ1) is 13.7. The van der Waals surface area contributed by atoms with E-state index in [1.807, 2.05) is 6.07 Å². The molecule has 28 heavy (non-hydrogen) atoms. The number of fused-ring (bicyclic) bond motifs is 2. The zero-order valence-corrected chi connectivity index (χ0v) is 17.8. The van der Waals surface area contributed by atoms with Gasteiger partial charge in [0, 0.05) is 25.2 Å². The van der Waals surface area contributed by atoms with Gasteiger partial charge in [0.15, 0.2) is 0 Å². The standard InChI is InChI=1S/C23H32N2O2S/c1-2-28-17-21(26)25-19-11-12-20(25)23(16-19,15-18-9-5-3-6-10-18)22(27)24-13-7-4-8-14-24/h3,5-6,9-10,19-20H,2,4,7-8,11-17H2,1H3/t19-,20+,23+/m1/s1. The average Bonchev–Trinajstić information content (AvgIpc) is 3.29. The predicted molar refractivity (Wildman–Crippen MR) is 114 cm³/mol. The Kier molecular flexibility index (Phi) is 6.00. The van der Waals surface area contributed by atoms with Gasteiger partial charge in [0.25, 0.3) is 0 Å². The molecule has 4 rings (SSSR count). The quantitative estimate of drug-likeness (QED) is 0.730. The van der Waals surface area contributed by atoms with Crippen LogP contribution in [0.4, 0.5) is 0 Å². The summed E-state index contributed by atoms with van der Waals surface area (Å²) < 4.78 is 0. The number of carbonyl (C=O) groups excluding carboxylic acids is 2. The molecular weight excluding hydrogens is 368 g/mol. The van der Waals surface area contributed by atoms with Crippen molar-refractivity contribution < 1.29 is 9.59 Å². The van der Waals surface area contributed by atoms with Gasteiger partial charge in [-0.3, -0.25) is 9.59 Å². The zero-order chi connectivity index (χ0) is 19.6. The molecule has 152 valence electrons. The van der Waals surface area contributed by atoms with Gasteiger partial charge in [0.2, 0.25) is 11.8 Å². The topological polar surface area (TPSA) is 40.6 Å². The summed E-state index contributed by atoms with van der Waals surface area (Å²) in [7, 11) is 0. The minimum atomic E-state index is -0.436. The highest BCUT2D eigenvalue weighted by Gasteiger charge is 2.61. The van der Waals surface area contributed by atoms with Crippen LogP contribution in [0.15, 0.2) is 30.3 Å². The minimum absolute atomic E-state index is 0.0667. The number of thioether (sulfide) groups is 1. The van der Waals surface area contributed by atoms with E-state index in [9.17, 15) is 9.59 Å². The minimum Gasteiger partial charge on any atom is -0.342 e. The molecule has 3 aliphatic heterocycles. The number of rotatable bonds is 6. The van der Waals surface area contributed by atoms with Crippen molar-refractivity contribution in [3.63, 3.8) is 0 Å². The number of piperidine rings is 1. The lowest BCUT2D eigenvalue weighted by atomic mass is 9.68. The van der Waals surface area contributed by atoms with Crippen molar-refractivity contribution in [1.29, 1.82) is 0 Å². The number of carbonyl (C=O) groups is 2. The summed E-state index contributed by atoms with van der Waals surface area (Å²) in [5, 5.41) is 0. The van der Waals surface area contributed by atoms with E-state index in [-0.39, 0.29) is 18.0 Å². The normalized spacial score (nSPS) is 29.3. The molecule has 3 atom stereocenters. The van der Waals surface area contributed by atoms with E-state index < -0.39 is 5.41 Å². The van der Waals surface area contributed by atoms with Crippen LogP contribution in [0.5, 0.6) is 0 Å². The second kappa shape index (κ2) is 8.48. The third-order valence-corrected chi connectivity index (χ3v) is 7.75. The number of nitrogens with zero attached hydrogens (tertiary/aromatic N) is 2. The Labute approximate surface area is 173 Å². The van der Waals surface area contributed by atoms with Gasteiger partial charge < -0.3 is 9.80 Å². The Morgan fingerprint density at radius 2 is 1.86 bits per heavy atom. The van der Waals surface area contributed by atoms with E-state index in [2.05, 4.69) is 41.0 Å². The zero-order valence-electron chi connectivity index (χ0n) is 16.9. The summed E-state index contributed by atoms with van der Waals surface area (Å²) in [6.45, 7) is 3.86. The third-order valence-electron chi connectivity index (χ3n) is 6.89. The van der Waals surface area contributed by atoms with E-state index in [4.69, 9.17) is 0 Å². The Hall–Kier alpha value is -1.49. The fourth-order valence-corrected chi connectivity index (χ4v) is 6.22. The monoisotopic (exact) mass is 400 g/mol. The van der Waals surface area contributed by atoms with Crippen LogP contribution in [-0.2, 0) is 16.0 Å². The lowest BCUT2D eigenvalue weighted by Gasteiger charge is -2.41. The molecule has 4 nitrogen and oxygen atoms in total. The van der Waals surface area contributed by atoms with Crippen LogP contribution in [0.2, 0.25) is 0 Å². The Morgan fingerprint density at radius 3 is 2.57 bits per heavy atom. The molecular formula is C23H32N2O2S. The molecule has 0 unspecified atom stereocenters. The highest BCUT2D eigenvalue weighted by Crippen LogP contribution is 2.53. The average molecular weight is 401 g/mol. The number of benzene rings is 1. The van der Waals surface area contributed by atoms with Gasteiger partial charge >= 0.3 is 0 Å². The first-order valence-corrected chi connectivity index (χ1v) is 12.0. The molecule has 2 amide bonds. The molecule has 0 N–H and O–H groups in total. The largest absolute Gasteiger partial charge is 0.342 e. The van der Waals surface area contributed by atoms with Crippen molar-refractivity contribution in [2.24, 2.45) is 5.41 Å².